The first-order valence-electron chi connectivity index (χ1n) is 9.05. The van der Waals surface area contributed by atoms with Gasteiger partial charge in [-0.1, -0.05) is 39.8 Å². The van der Waals surface area contributed by atoms with E-state index in [1.165, 1.54) is 5.57 Å². The van der Waals surface area contributed by atoms with Crippen molar-refractivity contribution in [1.82, 2.24) is 0 Å². The lowest BCUT2D eigenvalue weighted by Crippen LogP contribution is -2.58. The van der Waals surface area contributed by atoms with E-state index in [0.29, 0.717) is 31.6 Å². The van der Waals surface area contributed by atoms with Crippen LogP contribution in [0.5, 0.6) is 0 Å². The molecule has 0 aromatic heterocycles. The maximum atomic E-state index is 11.6. The van der Waals surface area contributed by atoms with Crippen molar-refractivity contribution in [1.29, 1.82) is 0 Å². The lowest BCUT2D eigenvalue weighted by Gasteiger charge is -2.53. The number of allylic oxidation sites excluding steroid dienone is 1. The summed E-state index contributed by atoms with van der Waals surface area (Å²) in [5, 5.41) is 33.4. The Bertz CT molecular complexity index is 563. The molecule has 3 rings (SSSR count). The lowest BCUT2D eigenvalue weighted by molar-refractivity contribution is -0.150. The predicted molar refractivity (Wildman–Crippen MR) is 91.9 cm³/mol. The molecule has 0 unspecified atom stereocenters. The van der Waals surface area contributed by atoms with Crippen LogP contribution >= 0.6 is 0 Å². The topological polar surface area (TPSA) is 60.7 Å². The molecule has 0 heterocycles. The molecule has 130 valence electrons. The minimum Gasteiger partial charge on any atom is -0.392 e. The van der Waals surface area contributed by atoms with Crippen LogP contribution in [-0.2, 0) is 0 Å². The Kier molecular flexibility index (Phi) is 3.87. The Morgan fingerprint density at radius 2 is 1.83 bits per heavy atom. The fourth-order valence-corrected chi connectivity index (χ4v) is 5.68. The highest BCUT2D eigenvalue weighted by Gasteiger charge is 2.62. The van der Waals surface area contributed by atoms with Gasteiger partial charge in [0.25, 0.3) is 0 Å². The second kappa shape index (κ2) is 5.18. The van der Waals surface area contributed by atoms with Crippen molar-refractivity contribution >= 4 is 0 Å². The summed E-state index contributed by atoms with van der Waals surface area (Å²) in [5.41, 5.74) is 1.28. The molecular weight excluding hydrogens is 288 g/mol. The zero-order chi connectivity index (χ0) is 17.2. The van der Waals surface area contributed by atoms with Crippen LogP contribution in [0.3, 0.4) is 0 Å². The van der Waals surface area contributed by atoms with E-state index in [-0.39, 0.29) is 5.41 Å². The smallest absolute Gasteiger partial charge is 0.0941 e. The molecule has 5 atom stereocenters. The minimum absolute atomic E-state index is 0.203. The van der Waals surface area contributed by atoms with Crippen LogP contribution in [-0.4, -0.2) is 33.1 Å². The van der Waals surface area contributed by atoms with Gasteiger partial charge in [-0.2, -0.15) is 0 Å². The van der Waals surface area contributed by atoms with Crippen molar-refractivity contribution in [3.63, 3.8) is 0 Å². The number of aliphatic hydroxyl groups excluding tert-OH is 2. The van der Waals surface area contributed by atoms with Gasteiger partial charge >= 0.3 is 0 Å². The zero-order valence-electron chi connectivity index (χ0n) is 15.0. The predicted octanol–water partition coefficient (Wildman–Crippen LogP) is 3.34. The second-order valence-corrected chi connectivity index (χ2v) is 8.99. The van der Waals surface area contributed by atoms with Gasteiger partial charge in [0.15, 0.2) is 0 Å². The van der Waals surface area contributed by atoms with Crippen molar-refractivity contribution < 1.29 is 15.3 Å². The molecular formula is C20H32O3. The quantitative estimate of drug-likeness (QED) is 0.649. The Hall–Kier alpha value is -0.640. The van der Waals surface area contributed by atoms with Gasteiger partial charge in [-0.3, -0.25) is 0 Å². The van der Waals surface area contributed by atoms with E-state index in [2.05, 4.69) is 27.4 Å². The summed E-state index contributed by atoms with van der Waals surface area (Å²) in [4.78, 5) is 0. The highest BCUT2D eigenvalue weighted by atomic mass is 16.3. The average Bonchev–Trinajstić information content (AvgIpc) is 2.76. The summed E-state index contributed by atoms with van der Waals surface area (Å²) in [7, 11) is 0. The molecule has 23 heavy (non-hydrogen) atoms. The summed E-state index contributed by atoms with van der Waals surface area (Å²) >= 11 is 0. The molecule has 0 spiro atoms. The Morgan fingerprint density at radius 1 is 1.17 bits per heavy atom. The van der Waals surface area contributed by atoms with Gasteiger partial charge in [0.1, 0.15) is 0 Å². The summed E-state index contributed by atoms with van der Waals surface area (Å²) in [6.07, 6.45) is 3.04. The first-order valence-corrected chi connectivity index (χ1v) is 9.05. The minimum atomic E-state index is -1.10. The fourth-order valence-electron chi connectivity index (χ4n) is 5.68. The molecule has 3 aliphatic carbocycles. The van der Waals surface area contributed by atoms with Gasteiger partial charge in [-0.05, 0) is 61.0 Å². The van der Waals surface area contributed by atoms with Crippen LogP contribution in [0.15, 0.2) is 23.3 Å². The Labute approximate surface area is 140 Å². The molecule has 3 aliphatic rings. The molecule has 3 N–H and O–H groups in total. The number of rotatable bonds is 1. The van der Waals surface area contributed by atoms with Crippen LogP contribution in [0.1, 0.15) is 66.2 Å². The van der Waals surface area contributed by atoms with Crippen LogP contribution in [0.25, 0.3) is 0 Å². The summed E-state index contributed by atoms with van der Waals surface area (Å²) in [6.45, 7) is 12.6. The third-order valence-electron chi connectivity index (χ3n) is 7.22. The van der Waals surface area contributed by atoms with E-state index in [9.17, 15) is 15.3 Å². The van der Waals surface area contributed by atoms with E-state index < -0.39 is 23.2 Å². The number of aliphatic hydroxyl groups is 3. The molecule has 2 saturated carbocycles. The summed E-state index contributed by atoms with van der Waals surface area (Å²) < 4.78 is 0. The van der Waals surface area contributed by atoms with Gasteiger partial charge < -0.3 is 15.3 Å². The third kappa shape index (κ3) is 2.20. The molecule has 0 aliphatic heterocycles. The molecule has 0 bridgehead atoms. The standard InChI is InChI=1S/C20H32O3/c1-12(2)14-8-9-18(4)11-20(23)13(3)6-7-16(22)19(20,5)10-15(21)17(14)18/h12,15-16,21-23H,3,6-11H2,1-2,4-5H3/t15-,16-,18-,19-,20+/m1/s1. The first-order chi connectivity index (χ1) is 10.5. The van der Waals surface area contributed by atoms with Crippen LogP contribution in [0.2, 0.25) is 0 Å². The van der Waals surface area contributed by atoms with Crippen LogP contribution in [0, 0.1) is 16.7 Å². The first kappa shape index (κ1) is 17.2. The molecule has 3 nitrogen and oxygen atoms in total. The van der Waals surface area contributed by atoms with Gasteiger partial charge in [0.2, 0.25) is 0 Å². The fraction of sp³-hybridized carbons (Fsp3) is 0.800. The molecule has 0 aromatic carbocycles. The van der Waals surface area contributed by atoms with E-state index in [0.717, 1.165) is 24.0 Å². The molecule has 3 heteroatoms. The van der Waals surface area contributed by atoms with Gasteiger partial charge in [-0.15, -0.1) is 0 Å². The van der Waals surface area contributed by atoms with Gasteiger partial charge in [0.05, 0.1) is 17.8 Å². The highest BCUT2D eigenvalue weighted by Crippen LogP contribution is 2.62. The van der Waals surface area contributed by atoms with Crippen LogP contribution in [0.4, 0.5) is 0 Å². The van der Waals surface area contributed by atoms with Crippen molar-refractivity contribution in [2.75, 3.05) is 0 Å². The van der Waals surface area contributed by atoms with Gasteiger partial charge in [-0.25, -0.2) is 0 Å². The maximum Gasteiger partial charge on any atom is 0.0941 e. The number of fused-ring (bicyclic) bond motifs is 2. The molecule has 2 fully saturated rings. The second-order valence-electron chi connectivity index (χ2n) is 8.99. The SMILES string of the molecule is C=C1CC[C@@H](O)[C@@]2(C)C[C@@H](O)C3=C(C(C)C)CC[C@]3(C)C[C@]12O. The lowest BCUT2D eigenvalue weighted by atomic mass is 9.56. The highest BCUT2D eigenvalue weighted by molar-refractivity contribution is 5.38. The summed E-state index contributed by atoms with van der Waals surface area (Å²) in [6, 6.07) is 0. The van der Waals surface area contributed by atoms with Crippen molar-refractivity contribution in [3.05, 3.63) is 23.3 Å². The molecule has 0 aromatic rings. The van der Waals surface area contributed by atoms with Crippen molar-refractivity contribution in [2.24, 2.45) is 16.7 Å². The van der Waals surface area contributed by atoms with Crippen molar-refractivity contribution in [2.45, 2.75) is 84.0 Å². The third-order valence-corrected chi connectivity index (χ3v) is 7.22. The van der Waals surface area contributed by atoms with Crippen LogP contribution < -0.4 is 0 Å². The largest absolute Gasteiger partial charge is 0.392 e. The van der Waals surface area contributed by atoms with E-state index in [4.69, 9.17) is 0 Å². The Balaban J connectivity index is 2.16. The Morgan fingerprint density at radius 3 is 2.43 bits per heavy atom. The zero-order valence-corrected chi connectivity index (χ0v) is 15.0. The van der Waals surface area contributed by atoms with E-state index in [1.807, 2.05) is 6.92 Å². The average molecular weight is 320 g/mol. The van der Waals surface area contributed by atoms with Gasteiger partial charge in [0, 0.05) is 5.41 Å². The number of hydrogen-bond donors (Lipinski definition) is 3. The maximum absolute atomic E-state index is 11.6. The number of hydrogen-bond acceptors (Lipinski definition) is 3. The van der Waals surface area contributed by atoms with E-state index in [1.54, 1.807) is 0 Å². The molecule has 0 saturated heterocycles. The summed E-state index contributed by atoms with van der Waals surface area (Å²) in [5.74, 6) is 0.414. The molecule has 0 amide bonds. The van der Waals surface area contributed by atoms with E-state index >= 15 is 0 Å². The van der Waals surface area contributed by atoms with Crippen molar-refractivity contribution in [3.8, 4) is 0 Å². The molecule has 0 radical (unpaired) electrons. The normalized spacial score (nSPS) is 47.6. The monoisotopic (exact) mass is 320 g/mol.